The molecule has 2 aliphatic rings. The van der Waals surface area contributed by atoms with Crippen molar-refractivity contribution in [2.45, 2.75) is 37.1 Å². The fourth-order valence-corrected chi connectivity index (χ4v) is 3.59. The molecule has 24 heavy (non-hydrogen) atoms. The minimum Gasteiger partial charge on any atom is -0.469 e. The number of nitrogens with one attached hydrogen (secondary N) is 2. The second-order valence-corrected chi connectivity index (χ2v) is 6.69. The highest BCUT2D eigenvalue weighted by Gasteiger charge is 2.44. The standard InChI is InChI=1S/C16H24N4O3.ClH/c1-20-10-11(7-18-20)12-8-17-9-13(12)15(22)19-16(4-3-5-16)6-14(21)23-2;/h7,10,12-13,17H,3-6,8-9H2,1-2H3,(H,19,22);1H/t12-,13+;/m1./s1. The van der Waals surface area contributed by atoms with Crippen LogP contribution in [0.3, 0.4) is 0 Å². The molecule has 1 saturated carbocycles. The van der Waals surface area contributed by atoms with Crippen LogP contribution in [0.4, 0.5) is 0 Å². The van der Waals surface area contributed by atoms with Crippen molar-refractivity contribution in [1.82, 2.24) is 20.4 Å². The van der Waals surface area contributed by atoms with Crippen molar-refractivity contribution < 1.29 is 14.3 Å². The average molecular weight is 357 g/mol. The second kappa shape index (κ2) is 7.53. The largest absolute Gasteiger partial charge is 0.469 e. The van der Waals surface area contributed by atoms with Crippen molar-refractivity contribution in [2.75, 3.05) is 20.2 Å². The first kappa shape index (κ1) is 18.7. The number of ether oxygens (including phenoxy) is 1. The second-order valence-electron chi connectivity index (χ2n) is 6.69. The molecule has 1 amide bonds. The summed E-state index contributed by atoms with van der Waals surface area (Å²) in [5.74, 6) is -0.251. The molecule has 0 aromatic carbocycles. The Bertz CT molecular complexity index is 600. The molecule has 0 radical (unpaired) electrons. The van der Waals surface area contributed by atoms with Gasteiger partial charge in [0.15, 0.2) is 0 Å². The van der Waals surface area contributed by atoms with Crippen molar-refractivity contribution in [2.24, 2.45) is 13.0 Å². The molecule has 134 valence electrons. The van der Waals surface area contributed by atoms with Gasteiger partial charge in [-0.05, 0) is 24.8 Å². The summed E-state index contributed by atoms with van der Waals surface area (Å²) >= 11 is 0. The van der Waals surface area contributed by atoms with Crippen LogP contribution in [0, 0.1) is 5.92 Å². The van der Waals surface area contributed by atoms with Gasteiger partial charge < -0.3 is 15.4 Å². The first-order valence-electron chi connectivity index (χ1n) is 8.11. The molecule has 1 aliphatic heterocycles. The molecule has 7 nitrogen and oxygen atoms in total. The lowest BCUT2D eigenvalue weighted by Crippen LogP contribution is -2.56. The van der Waals surface area contributed by atoms with E-state index in [4.69, 9.17) is 4.74 Å². The van der Waals surface area contributed by atoms with E-state index >= 15 is 0 Å². The Balaban J connectivity index is 0.00000208. The smallest absolute Gasteiger partial charge is 0.307 e. The summed E-state index contributed by atoms with van der Waals surface area (Å²) in [5, 5.41) is 10.6. The number of esters is 1. The first-order chi connectivity index (χ1) is 11.0. The van der Waals surface area contributed by atoms with Crippen molar-refractivity contribution in [3.63, 3.8) is 0 Å². The highest BCUT2D eigenvalue weighted by molar-refractivity contribution is 5.85. The van der Waals surface area contributed by atoms with E-state index in [1.807, 2.05) is 19.4 Å². The zero-order chi connectivity index (χ0) is 16.4. The number of nitrogens with zero attached hydrogens (tertiary/aromatic N) is 2. The van der Waals surface area contributed by atoms with Crippen molar-refractivity contribution in [3.05, 3.63) is 18.0 Å². The lowest BCUT2D eigenvalue weighted by Gasteiger charge is -2.42. The molecule has 2 atom stereocenters. The van der Waals surface area contributed by atoms with E-state index in [2.05, 4.69) is 15.7 Å². The normalized spacial score (nSPS) is 24.6. The molecule has 0 bridgehead atoms. The minimum absolute atomic E-state index is 0. The van der Waals surface area contributed by atoms with Crippen LogP contribution in [0.5, 0.6) is 0 Å². The number of hydrogen-bond acceptors (Lipinski definition) is 5. The van der Waals surface area contributed by atoms with Crippen molar-refractivity contribution in [1.29, 1.82) is 0 Å². The van der Waals surface area contributed by atoms with E-state index < -0.39 is 5.54 Å². The molecule has 1 saturated heterocycles. The zero-order valence-electron chi connectivity index (χ0n) is 14.1. The molecule has 2 heterocycles. The van der Waals surface area contributed by atoms with Gasteiger partial charge in [-0.2, -0.15) is 5.10 Å². The van der Waals surface area contributed by atoms with E-state index in [1.54, 1.807) is 4.68 Å². The SMILES string of the molecule is COC(=O)CC1(NC(=O)[C@H]2CNC[C@@H]2c2cnn(C)c2)CCC1.Cl. The number of aromatic nitrogens is 2. The molecule has 1 aromatic rings. The fraction of sp³-hybridized carbons (Fsp3) is 0.688. The molecule has 2 N–H and O–H groups in total. The van der Waals surface area contributed by atoms with Crippen LogP contribution < -0.4 is 10.6 Å². The van der Waals surface area contributed by atoms with Gasteiger partial charge >= 0.3 is 5.97 Å². The number of carbonyl (C=O) groups is 2. The van der Waals surface area contributed by atoms with Crippen molar-refractivity contribution >= 4 is 24.3 Å². The van der Waals surface area contributed by atoms with E-state index in [-0.39, 0.29) is 42.5 Å². The Kier molecular flexibility index (Phi) is 5.87. The van der Waals surface area contributed by atoms with Gasteiger partial charge in [-0.15, -0.1) is 12.4 Å². The number of aryl methyl sites for hydroxylation is 1. The Hall–Kier alpha value is -1.60. The average Bonchev–Trinajstić information content (AvgIpc) is 3.12. The van der Waals surface area contributed by atoms with E-state index in [0.717, 1.165) is 31.4 Å². The highest BCUT2D eigenvalue weighted by atomic mass is 35.5. The molecule has 3 rings (SSSR count). The lowest BCUT2D eigenvalue weighted by atomic mass is 9.73. The van der Waals surface area contributed by atoms with Gasteiger partial charge in [0.2, 0.25) is 5.91 Å². The Morgan fingerprint density at radius 2 is 2.21 bits per heavy atom. The Morgan fingerprint density at radius 1 is 1.46 bits per heavy atom. The van der Waals surface area contributed by atoms with Gasteiger partial charge in [0.25, 0.3) is 0 Å². The van der Waals surface area contributed by atoms with Gasteiger partial charge in [-0.1, -0.05) is 0 Å². The minimum atomic E-state index is -0.410. The number of amides is 1. The number of halogens is 1. The monoisotopic (exact) mass is 356 g/mol. The van der Waals surface area contributed by atoms with Crippen LogP contribution in [-0.4, -0.2) is 47.4 Å². The molecular formula is C16H25ClN4O3. The summed E-state index contributed by atoms with van der Waals surface area (Å²) in [4.78, 5) is 24.4. The lowest BCUT2D eigenvalue weighted by molar-refractivity contribution is -0.144. The van der Waals surface area contributed by atoms with Gasteiger partial charge in [0, 0.05) is 32.3 Å². The van der Waals surface area contributed by atoms with Crippen molar-refractivity contribution in [3.8, 4) is 0 Å². The van der Waals surface area contributed by atoms with Crippen LogP contribution in [0.25, 0.3) is 0 Å². The number of hydrogen-bond donors (Lipinski definition) is 2. The summed E-state index contributed by atoms with van der Waals surface area (Å²) in [5.41, 5.74) is 0.667. The maximum atomic E-state index is 12.8. The summed E-state index contributed by atoms with van der Waals surface area (Å²) in [6.07, 6.45) is 6.76. The molecule has 0 spiro atoms. The third kappa shape index (κ3) is 3.72. The highest BCUT2D eigenvalue weighted by Crippen LogP contribution is 2.37. The molecule has 8 heteroatoms. The van der Waals surface area contributed by atoms with E-state index in [0.29, 0.717) is 6.54 Å². The number of methoxy groups -OCH3 is 1. The van der Waals surface area contributed by atoms with Gasteiger partial charge in [0.1, 0.15) is 0 Å². The van der Waals surface area contributed by atoms with Crippen LogP contribution in [-0.2, 0) is 21.4 Å². The molecule has 2 fully saturated rings. The molecule has 1 aliphatic carbocycles. The maximum absolute atomic E-state index is 12.8. The predicted octanol–water partition coefficient (Wildman–Crippen LogP) is 0.747. The van der Waals surface area contributed by atoms with Crippen LogP contribution in [0.15, 0.2) is 12.4 Å². The van der Waals surface area contributed by atoms with E-state index in [1.165, 1.54) is 7.11 Å². The predicted molar refractivity (Wildman–Crippen MR) is 90.9 cm³/mol. The topological polar surface area (TPSA) is 85.2 Å². The third-order valence-electron chi connectivity index (χ3n) is 5.11. The summed E-state index contributed by atoms with van der Waals surface area (Å²) < 4.78 is 6.53. The summed E-state index contributed by atoms with van der Waals surface area (Å²) in [6, 6.07) is 0. The van der Waals surface area contributed by atoms with Gasteiger partial charge in [-0.3, -0.25) is 14.3 Å². The van der Waals surface area contributed by atoms with Crippen LogP contribution in [0.2, 0.25) is 0 Å². The van der Waals surface area contributed by atoms with Crippen LogP contribution >= 0.6 is 12.4 Å². The maximum Gasteiger partial charge on any atom is 0.307 e. The zero-order valence-corrected chi connectivity index (χ0v) is 14.9. The number of carbonyl (C=O) groups excluding carboxylic acids is 2. The number of rotatable bonds is 5. The molecule has 0 unspecified atom stereocenters. The molecular weight excluding hydrogens is 332 g/mol. The first-order valence-corrected chi connectivity index (χ1v) is 8.11. The Morgan fingerprint density at radius 3 is 2.75 bits per heavy atom. The summed E-state index contributed by atoms with van der Waals surface area (Å²) in [7, 11) is 3.26. The van der Waals surface area contributed by atoms with Crippen LogP contribution in [0.1, 0.15) is 37.2 Å². The Labute approximate surface area is 147 Å². The van der Waals surface area contributed by atoms with Gasteiger partial charge in [-0.25, -0.2) is 0 Å². The quantitative estimate of drug-likeness (QED) is 0.760. The summed E-state index contributed by atoms with van der Waals surface area (Å²) in [6.45, 7) is 1.42. The molecule has 1 aromatic heterocycles. The van der Waals surface area contributed by atoms with Gasteiger partial charge in [0.05, 0.1) is 31.2 Å². The van der Waals surface area contributed by atoms with E-state index in [9.17, 15) is 9.59 Å². The fourth-order valence-electron chi connectivity index (χ4n) is 3.59. The third-order valence-corrected chi connectivity index (χ3v) is 5.11.